The summed E-state index contributed by atoms with van der Waals surface area (Å²) in [5, 5.41) is 4.75. The second kappa shape index (κ2) is 10.3. The zero-order chi connectivity index (χ0) is 22.5. The van der Waals surface area contributed by atoms with Gasteiger partial charge in [0.2, 0.25) is 5.91 Å². The largest absolute Gasteiger partial charge is 0.462 e. The number of esters is 1. The number of aromatic nitrogens is 2. The van der Waals surface area contributed by atoms with Gasteiger partial charge in [0.1, 0.15) is 5.56 Å². The van der Waals surface area contributed by atoms with Crippen LogP contribution in [0, 0.1) is 11.8 Å². The van der Waals surface area contributed by atoms with Crippen LogP contribution in [-0.2, 0) is 20.8 Å². The van der Waals surface area contributed by atoms with Crippen molar-refractivity contribution in [2.24, 2.45) is 11.8 Å². The summed E-state index contributed by atoms with van der Waals surface area (Å²) in [6.45, 7) is 5.87. The lowest BCUT2D eigenvalue weighted by molar-refractivity contribution is -0.124. The van der Waals surface area contributed by atoms with Gasteiger partial charge in [0, 0.05) is 18.7 Å². The Labute approximate surface area is 189 Å². The third-order valence-corrected chi connectivity index (χ3v) is 6.53. The van der Waals surface area contributed by atoms with Crippen molar-refractivity contribution in [3.63, 3.8) is 0 Å². The van der Waals surface area contributed by atoms with Crippen molar-refractivity contribution in [1.82, 2.24) is 9.78 Å². The molecule has 0 spiro atoms. The van der Waals surface area contributed by atoms with Gasteiger partial charge in [-0.1, -0.05) is 37.3 Å². The van der Waals surface area contributed by atoms with E-state index >= 15 is 0 Å². The number of rotatable bonds is 7. The molecule has 1 aromatic carbocycles. The van der Waals surface area contributed by atoms with E-state index in [9.17, 15) is 9.59 Å². The molecule has 1 aromatic heterocycles. The normalized spacial score (nSPS) is 23.1. The van der Waals surface area contributed by atoms with Crippen LogP contribution in [0.25, 0.3) is 0 Å². The number of hydrogen-bond donors (Lipinski definition) is 0. The molecule has 32 heavy (non-hydrogen) atoms. The first kappa shape index (κ1) is 22.5. The Morgan fingerprint density at radius 3 is 2.56 bits per heavy atom. The summed E-state index contributed by atoms with van der Waals surface area (Å²) >= 11 is 0. The van der Waals surface area contributed by atoms with Gasteiger partial charge in [-0.15, -0.1) is 0 Å². The van der Waals surface area contributed by atoms with E-state index < -0.39 is 5.97 Å². The minimum atomic E-state index is -0.448. The summed E-state index contributed by atoms with van der Waals surface area (Å²) < 4.78 is 12.7. The first-order valence-corrected chi connectivity index (χ1v) is 11.8. The summed E-state index contributed by atoms with van der Waals surface area (Å²) in [4.78, 5) is 28.4. The molecular weight excluding hydrogens is 406 g/mol. The molecule has 0 bridgehead atoms. The zero-order valence-electron chi connectivity index (χ0n) is 19.0. The molecule has 2 heterocycles. The van der Waals surface area contributed by atoms with Gasteiger partial charge < -0.3 is 9.47 Å². The van der Waals surface area contributed by atoms with Crippen molar-refractivity contribution in [1.29, 1.82) is 0 Å². The topological polar surface area (TPSA) is 73.7 Å². The van der Waals surface area contributed by atoms with E-state index in [4.69, 9.17) is 14.6 Å². The molecule has 1 saturated carbocycles. The number of benzene rings is 1. The molecule has 1 aliphatic carbocycles. The molecule has 1 unspecified atom stereocenters. The molecule has 7 heteroatoms. The summed E-state index contributed by atoms with van der Waals surface area (Å²) in [6.07, 6.45) is 6.31. The van der Waals surface area contributed by atoms with Crippen molar-refractivity contribution < 1.29 is 19.1 Å². The Kier molecular flexibility index (Phi) is 7.25. The first-order valence-electron chi connectivity index (χ1n) is 11.8. The Balaban J connectivity index is 1.69. The molecule has 2 aliphatic rings. The summed E-state index contributed by atoms with van der Waals surface area (Å²) in [7, 11) is 0. The maximum Gasteiger partial charge on any atom is 0.343 e. The molecule has 1 atom stereocenters. The molecule has 7 nitrogen and oxygen atoms in total. The summed E-state index contributed by atoms with van der Waals surface area (Å²) in [5.74, 6) is 0.626. The molecule has 0 N–H and O–H groups in total. The summed E-state index contributed by atoms with van der Waals surface area (Å²) in [5.41, 5.74) is 1.41. The molecule has 4 rings (SSSR count). The van der Waals surface area contributed by atoms with Crippen LogP contribution in [0.1, 0.15) is 61.9 Å². The van der Waals surface area contributed by atoms with Gasteiger partial charge in [0.25, 0.3) is 0 Å². The predicted octanol–water partition coefficient (Wildman–Crippen LogP) is 4.06. The van der Waals surface area contributed by atoms with Crippen LogP contribution in [0.15, 0.2) is 36.5 Å². The lowest BCUT2D eigenvalue weighted by atomic mass is 9.82. The van der Waals surface area contributed by atoms with Crippen LogP contribution in [0.2, 0.25) is 0 Å². The number of ether oxygens (including phenoxy) is 2. The van der Waals surface area contributed by atoms with E-state index in [-0.39, 0.29) is 24.5 Å². The molecule has 1 saturated heterocycles. The van der Waals surface area contributed by atoms with Crippen LogP contribution in [0.3, 0.4) is 0 Å². The van der Waals surface area contributed by atoms with E-state index in [1.807, 2.05) is 30.3 Å². The number of carbonyl (C=O) groups excluding carboxylic acids is 2. The lowest BCUT2D eigenvalue weighted by Crippen LogP contribution is -2.46. The van der Waals surface area contributed by atoms with Gasteiger partial charge in [-0.2, -0.15) is 5.10 Å². The molecule has 172 valence electrons. The van der Waals surface area contributed by atoms with E-state index in [0.717, 1.165) is 37.7 Å². The van der Waals surface area contributed by atoms with Gasteiger partial charge in [0.15, 0.2) is 5.82 Å². The fourth-order valence-corrected chi connectivity index (χ4v) is 4.68. The average Bonchev–Trinajstić information content (AvgIpc) is 3.46. The highest BCUT2D eigenvalue weighted by Gasteiger charge is 2.38. The van der Waals surface area contributed by atoms with Crippen molar-refractivity contribution in [3.05, 3.63) is 47.7 Å². The fourth-order valence-electron chi connectivity index (χ4n) is 4.68. The quantitative estimate of drug-likeness (QED) is 0.609. The monoisotopic (exact) mass is 439 g/mol. The second-order valence-electron chi connectivity index (χ2n) is 8.95. The van der Waals surface area contributed by atoms with E-state index in [2.05, 4.69) is 6.92 Å². The van der Waals surface area contributed by atoms with Gasteiger partial charge in [-0.05, 0) is 50.5 Å². The van der Waals surface area contributed by atoms with Crippen molar-refractivity contribution in [2.75, 3.05) is 24.7 Å². The Hall–Kier alpha value is -2.67. The predicted molar refractivity (Wildman–Crippen MR) is 122 cm³/mol. The van der Waals surface area contributed by atoms with Gasteiger partial charge in [0.05, 0.1) is 25.8 Å². The maximum atomic E-state index is 13.8. The third-order valence-electron chi connectivity index (χ3n) is 6.53. The standard InChI is InChI=1S/C25H33N3O4/c1-3-32-25(30)22-16-27(15-19-7-5-4-6-8-19)26-23(22)28(21-13-14-31-17-21)24(29)20-11-9-18(2)10-12-20/h4-8,16,18,20-21H,3,9-15,17H2,1-2H3. The number of anilines is 1. The second-order valence-corrected chi connectivity index (χ2v) is 8.95. The van der Waals surface area contributed by atoms with Gasteiger partial charge >= 0.3 is 5.97 Å². The molecule has 2 fully saturated rings. The number of amides is 1. The average molecular weight is 440 g/mol. The molecular formula is C25H33N3O4. The number of hydrogen-bond acceptors (Lipinski definition) is 5. The van der Waals surface area contributed by atoms with Crippen molar-refractivity contribution in [3.8, 4) is 0 Å². The van der Waals surface area contributed by atoms with Crippen LogP contribution in [-0.4, -0.2) is 47.5 Å². The minimum Gasteiger partial charge on any atom is -0.462 e. The van der Waals surface area contributed by atoms with Crippen LogP contribution in [0.5, 0.6) is 0 Å². The molecule has 1 aliphatic heterocycles. The van der Waals surface area contributed by atoms with Gasteiger partial charge in [-0.3, -0.25) is 14.4 Å². The highest BCUT2D eigenvalue weighted by molar-refractivity contribution is 6.02. The highest BCUT2D eigenvalue weighted by atomic mass is 16.5. The van der Waals surface area contributed by atoms with E-state index in [0.29, 0.717) is 37.1 Å². The number of carbonyl (C=O) groups is 2. The Morgan fingerprint density at radius 2 is 1.91 bits per heavy atom. The van der Waals surface area contributed by atoms with E-state index in [1.54, 1.807) is 22.7 Å². The zero-order valence-corrected chi connectivity index (χ0v) is 19.0. The van der Waals surface area contributed by atoms with Crippen molar-refractivity contribution in [2.45, 2.75) is 58.5 Å². The van der Waals surface area contributed by atoms with Crippen LogP contribution in [0.4, 0.5) is 5.82 Å². The summed E-state index contributed by atoms with van der Waals surface area (Å²) in [6, 6.07) is 9.83. The Bertz CT molecular complexity index is 913. The van der Waals surface area contributed by atoms with Crippen LogP contribution < -0.4 is 4.90 Å². The van der Waals surface area contributed by atoms with Crippen LogP contribution >= 0.6 is 0 Å². The highest BCUT2D eigenvalue weighted by Crippen LogP contribution is 2.34. The fraction of sp³-hybridized carbons (Fsp3) is 0.560. The smallest absolute Gasteiger partial charge is 0.343 e. The SMILES string of the molecule is CCOC(=O)c1cn(Cc2ccccc2)nc1N(C(=O)C1CCC(C)CC1)C1CCOC1. The lowest BCUT2D eigenvalue weighted by Gasteiger charge is -2.33. The minimum absolute atomic E-state index is 0.0406. The van der Waals surface area contributed by atoms with E-state index in [1.165, 1.54) is 0 Å². The maximum absolute atomic E-state index is 13.8. The first-order chi connectivity index (χ1) is 15.6. The molecule has 2 aromatic rings. The Morgan fingerprint density at radius 1 is 1.16 bits per heavy atom. The molecule has 1 amide bonds. The van der Waals surface area contributed by atoms with Gasteiger partial charge in [-0.25, -0.2) is 4.79 Å². The van der Waals surface area contributed by atoms with Crippen molar-refractivity contribution >= 4 is 17.7 Å². The third kappa shape index (κ3) is 5.04. The molecule has 0 radical (unpaired) electrons. The number of nitrogens with zero attached hydrogens (tertiary/aromatic N) is 3.